The van der Waals surface area contributed by atoms with Crippen molar-refractivity contribution in [3.8, 4) is 0 Å². The lowest BCUT2D eigenvalue weighted by Gasteiger charge is -2.37. The molecule has 2 aromatic carbocycles. The van der Waals surface area contributed by atoms with Crippen LogP contribution in [0.5, 0.6) is 0 Å². The highest BCUT2D eigenvalue weighted by Gasteiger charge is 2.45. The van der Waals surface area contributed by atoms with Gasteiger partial charge in [-0.3, -0.25) is 0 Å². The summed E-state index contributed by atoms with van der Waals surface area (Å²) in [5, 5.41) is 2.20. The van der Waals surface area contributed by atoms with E-state index in [1.807, 2.05) is 0 Å². The topological polar surface area (TPSA) is 235 Å². The first kappa shape index (κ1) is 50.6. The van der Waals surface area contributed by atoms with Crippen LogP contribution >= 0.6 is 23.2 Å². The molecule has 64 heavy (non-hydrogen) atoms. The molecule has 0 saturated heterocycles. The molecule has 2 unspecified atom stereocenters. The van der Waals surface area contributed by atoms with Crippen LogP contribution in [0.1, 0.15) is 50.7 Å². The van der Waals surface area contributed by atoms with Crippen molar-refractivity contribution in [2.45, 2.75) is 39.5 Å². The lowest BCUT2D eigenvalue weighted by molar-refractivity contribution is -0.173. The summed E-state index contributed by atoms with van der Waals surface area (Å²) in [6, 6.07) is 13.0. The van der Waals surface area contributed by atoms with Crippen molar-refractivity contribution >= 4 is 59.0 Å². The Hall–Kier alpha value is -6.02. The van der Waals surface area contributed by atoms with Crippen molar-refractivity contribution < 1.29 is 66.9 Å². The minimum absolute atomic E-state index is 0.00302. The quantitative estimate of drug-likeness (QED) is 0.0808. The maximum Gasteiger partial charge on any atom is 0.356 e. The van der Waals surface area contributed by atoms with Gasteiger partial charge in [0.05, 0.1) is 111 Å². The zero-order valence-corrected chi connectivity index (χ0v) is 37.6. The molecule has 0 fully saturated rings. The number of hydrogen-bond donors (Lipinski definition) is 2. The fraction of sp³-hybridized carbons (Fsp3) is 0.364. The van der Waals surface area contributed by atoms with E-state index in [0.29, 0.717) is 23.3 Å². The van der Waals surface area contributed by atoms with Gasteiger partial charge in [-0.05, 0) is 51.0 Å². The molecule has 18 nitrogen and oxygen atoms in total. The normalized spacial score (nSPS) is 16.6. The summed E-state index contributed by atoms with van der Waals surface area (Å²) >= 11 is 13.3. The Kier molecular flexibility index (Phi) is 19.1. The summed E-state index contributed by atoms with van der Waals surface area (Å²) in [4.78, 5) is 93.7. The standard InChI is InChI=1S/C44H50Cl2N4O14/c1-7-61-43(55)39-31(23-59-21-19-47)49(25(3)35(41(53)57-5)37(39)27-13-9-11-15-29(27)45)63-33(51)17-18-34(52)64-50-26(4)36(42(54)58-6)38(28-14-10-12-16-30(28)46)40(44(56)62-8-2)32(50)24-60-22-20-48/h9-18,37-38H,7-8,19-24,47-48H2,1-6H3/b18-17-. The van der Waals surface area contributed by atoms with Crippen LogP contribution in [-0.2, 0) is 66.9 Å². The van der Waals surface area contributed by atoms with Crippen LogP contribution in [0.15, 0.2) is 106 Å². The third-order valence-electron chi connectivity index (χ3n) is 9.61. The number of hydrogen-bond acceptors (Lipinski definition) is 18. The largest absolute Gasteiger partial charge is 0.466 e. The first-order valence-electron chi connectivity index (χ1n) is 19.9. The first-order valence-corrected chi connectivity index (χ1v) is 20.6. The van der Waals surface area contributed by atoms with Gasteiger partial charge < -0.3 is 49.6 Å². The molecule has 4 N–H and O–H groups in total. The monoisotopic (exact) mass is 928 g/mol. The summed E-state index contributed by atoms with van der Waals surface area (Å²) in [5.41, 5.74) is 11.4. The number of rotatable bonds is 20. The van der Waals surface area contributed by atoms with E-state index in [0.717, 1.165) is 24.3 Å². The molecule has 0 saturated carbocycles. The second-order valence-corrected chi connectivity index (χ2v) is 14.3. The molecule has 2 aliphatic rings. The van der Waals surface area contributed by atoms with Crippen LogP contribution in [0.3, 0.4) is 0 Å². The Balaban J connectivity index is 1.82. The van der Waals surface area contributed by atoms with Crippen molar-refractivity contribution in [2.24, 2.45) is 11.5 Å². The summed E-state index contributed by atoms with van der Waals surface area (Å²) in [6.07, 6.45) is 1.40. The predicted molar refractivity (Wildman–Crippen MR) is 230 cm³/mol. The second kappa shape index (κ2) is 24.2. The number of nitrogens with two attached hydrogens (primary N) is 2. The van der Waals surface area contributed by atoms with Crippen molar-refractivity contribution in [3.05, 3.63) is 127 Å². The Labute approximate surface area is 379 Å². The van der Waals surface area contributed by atoms with E-state index in [9.17, 15) is 28.8 Å². The van der Waals surface area contributed by atoms with E-state index >= 15 is 0 Å². The highest BCUT2D eigenvalue weighted by atomic mass is 35.5. The van der Waals surface area contributed by atoms with Crippen LogP contribution in [0.4, 0.5) is 0 Å². The summed E-state index contributed by atoms with van der Waals surface area (Å²) in [6.45, 7) is 5.37. The molecule has 344 valence electrons. The summed E-state index contributed by atoms with van der Waals surface area (Å²) < 4.78 is 32.6. The Morgan fingerprint density at radius 2 is 0.953 bits per heavy atom. The van der Waals surface area contributed by atoms with Crippen molar-refractivity contribution in [1.82, 2.24) is 10.1 Å². The molecule has 0 radical (unpaired) electrons. The van der Waals surface area contributed by atoms with Crippen molar-refractivity contribution in [2.75, 3.05) is 67.0 Å². The van der Waals surface area contributed by atoms with E-state index in [4.69, 9.17) is 72.8 Å². The summed E-state index contributed by atoms with van der Waals surface area (Å²) in [5.74, 6) is -8.32. The SMILES string of the molecule is CCOC(=O)C1=C(COCCN)N(OC(=O)/C=C\C(=O)ON2C(C)=C(C(=O)OC)C(c3ccccc3Cl)C(C(=O)OCC)=C2COCCN)C(C)=C(C(=O)OC)C1c1ccccc1Cl. The maximum atomic E-state index is 13.9. The van der Waals surface area contributed by atoms with Crippen molar-refractivity contribution in [1.29, 1.82) is 0 Å². The highest BCUT2D eigenvalue weighted by molar-refractivity contribution is 6.32. The number of carbonyl (C=O) groups is 6. The van der Waals surface area contributed by atoms with Gasteiger partial charge in [0.25, 0.3) is 0 Å². The number of benzene rings is 2. The Morgan fingerprint density at radius 1 is 0.594 bits per heavy atom. The number of ether oxygens (including phenoxy) is 6. The van der Waals surface area contributed by atoms with Gasteiger partial charge in [0.15, 0.2) is 0 Å². The van der Waals surface area contributed by atoms with Gasteiger partial charge in [-0.1, -0.05) is 59.6 Å². The number of halogens is 2. The van der Waals surface area contributed by atoms with Gasteiger partial charge in [-0.2, -0.15) is 10.1 Å². The number of nitrogens with zero attached hydrogens (tertiary/aromatic N) is 2. The van der Waals surface area contributed by atoms with E-state index in [2.05, 4.69) is 0 Å². The molecule has 0 aliphatic carbocycles. The third-order valence-corrected chi connectivity index (χ3v) is 10.3. The lowest BCUT2D eigenvalue weighted by Crippen LogP contribution is -2.39. The molecule has 4 rings (SSSR count). The maximum absolute atomic E-state index is 13.9. The number of allylic oxidation sites excluding steroid dienone is 2. The van der Waals surface area contributed by atoms with Gasteiger partial charge in [-0.15, -0.1) is 0 Å². The van der Waals surface area contributed by atoms with Crippen molar-refractivity contribution in [3.63, 3.8) is 0 Å². The number of hydroxylamine groups is 4. The fourth-order valence-corrected chi connectivity index (χ4v) is 7.45. The number of carbonyl (C=O) groups excluding carboxylic acids is 6. The zero-order chi connectivity index (χ0) is 47.1. The van der Waals surface area contributed by atoms with Gasteiger partial charge in [0.1, 0.15) is 0 Å². The van der Waals surface area contributed by atoms with E-state index in [1.165, 1.54) is 13.8 Å². The third kappa shape index (κ3) is 11.6. The average molecular weight is 930 g/mol. The van der Waals surface area contributed by atoms with Crippen LogP contribution in [0.25, 0.3) is 0 Å². The minimum Gasteiger partial charge on any atom is -0.466 e. The molecule has 2 atom stereocenters. The van der Waals surface area contributed by atoms with Gasteiger partial charge >= 0.3 is 35.8 Å². The van der Waals surface area contributed by atoms with Gasteiger partial charge in [0, 0.05) is 35.3 Å². The average Bonchev–Trinajstić information content (AvgIpc) is 3.27. The summed E-state index contributed by atoms with van der Waals surface area (Å²) in [7, 11) is 2.27. The minimum atomic E-state index is -1.20. The Morgan fingerprint density at radius 3 is 1.27 bits per heavy atom. The van der Waals surface area contributed by atoms with Crippen LogP contribution in [0.2, 0.25) is 10.0 Å². The van der Waals surface area contributed by atoms with Gasteiger partial charge in [-0.25, -0.2) is 28.8 Å². The number of esters is 4. The fourth-order valence-electron chi connectivity index (χ4n) is 6.96. The van der Waals surface area contributed by atoms with Crippen LogP contribution in [-0.4, -0.2) is 113 Å². The van der Waals surface area contributed by atoms with E-state index in [-0.39, 0.29) is 108 Å². The van der Waals surface area contributed by atoms with Crippen LogP contribution < -0.4 is 11.5 Å². The molecule has 2 aromatic rings. The van der Waals surface area contributed by atoms with E-state index in [1.54, 1.807) is 62.4 Å². The number of methoxy groups -OCH3 is 2. The molecule has 0 bridgehead atoms. The molecule has 2 heterocycles. The highest BCUT2D eigenvalue weighted by Crippen LogP contribution is 2.47. The smallest absolute Gasteiger partial charge is 0.356 e. The molecule has 0 amide bonds. The van der Waals surface area contributed by atoms with Crippen LogP contribution in [0, 0.1) is 0 Å². The molecular weight excluding hydrogens is 879 g/mol. The molecular formula is C44H50Cl2N4O14. The Bertz CT molecular complexity index is 2110. The molecule has 0 aromatic heterocycles. The predicted octanol–water partition coefficient (Wildman–Crippen LogP) is 4.44. The lowest BCUT2D eigenvalue weighted by atomic mass is 9.80. The zero-order valence-electron chi connectivity index (χ0n) is 36.1. The molecule has 20 heteroatoms. The first-order chi connectivity index (χ1) is 30.7. The molecule has 2 aliphatic heterocycles. The second-order valence-electron chi connectivity index (χ2n) is 13.5. The van der Waals surface area contributed by atoms with Gasteiger partial charge in [0.2, 0.25) is 0 Å². The molecule has 0 spiro atoms. The van der Waals surface area contributed by atoms with E-state index < -0.39 is 47.7 Å².